The molecular weight excluding hydrogens is 236 g/mol. The van der Waals surface area contributed by atoms with Gasteiger partial charge >= 0.3 is 0 Å². The number of Topliss-reactive ketones (excluding diaryl/α,β-unsaturated/α-hetero) is 1. The van der Waals surface area contributed by atoms with Crippen LogP contribution < -0.4 is 4.90 Å². The van der Waals surface area contributed by atoms with E-state index in [2.05, 4.69) is 36.8 Å². The molecule has 1 aromatic heterocycles. The van der Waals surface area contributed by atoms with Crippen molar-refractivity contribution < 1.29 is 4.79 Å². The lowest BCUT2D eigenvalue weighted by Crippen LogP contribution is -2.18. The highest BCUT2D eigenvalue weighted by atomic mass is 16.1. The van der Waals surface area contributed by atoms with E-state index in [1.54, 1.807) is 6.92 Å². The normalized spacial score (nSPS) is 11.5. The number of anilines is 1. The summed E-state index contributed by atoms with van der Waals surface area (Å²) < 4.78 is 0. The highest BCUT2D eigenvalue weighted by Crippen LogP contribution is 2.20. The minimum atomic E-state index is 0.193. The Morgan fingerprint density at radius 1 is 1.37 bits per heavy atom. The van der Waals surface area contributed by atoms with Crippen molar-refractivity contribution in [2.24, 2.45) is 0 Å². The van der Waals surface area contributed by atoms with Gasteiger partial charge in [-0.3, -0.25) is 4.79 Å². The molecule has 0 aliphatic heterocycles. The van der Waals surface area contributed by atoms with Gasteiger partial charge in [-0.25, -0.2) is 4.98 Å². The molecule has 104 valence electrons. The summed E-state index contributed by atoms with van der Waals surface area (Å²) >= 11 is 0. The number of allylic oxidation sites excluding steroid dienone is 2. The largest absolute Gasteiger partial charge is 0.360 e. The summed E-state index contributed by atoms with van der Waals surface area (Å²) in [6.07, 6.45) is 6.43. The first kappa shape index (κ1) is 15.4. The van der Waals surface area contributed by atoms with Crippen molar-refractivity contribution in [1.29, 1.82) is 0 Å². The Morgan fingerprint density at radius 2 is 2.11 bits per heavy atom. The second-order valence-corrected chi connectivity index (χ2v) is 4.82. The molecule has 1 aromatic rings. The van der Waals surface area contributed by atoms with Crippen molar-refractivity contribution in [1.82, 2.24) is 4.98 Å². The lowest BCUT2D eigenvalue weighted by atomic mass is 10.0. The van der Waals surface area contributed by atoms with Crippen LogP contribution in [0.3, 0.4) is 0 Å². The molecule has 0 aliphatic rings. The summed E-state index contributed by atoms with van der Waals surface area (Å²) in [6, 6.07) is 4.13. The van der Waals surface area contributed by atoms with Crippen LogP contribution in [0.15, 0.2) is 24.4 Å². The van der Waals surface area contributed by atoms with Gasteiger partial charge < -0.3 is 4.90 Å². The van der Waals surface area contributed by atoms with Crippen LogP contribution in [-0.4, -0.2) is 24.4 Å². The van der Waals surface area contributed by atoms with Crippen LogP contribution in [0, 0.1) is 0 Å². The van der Waals surface area contributed by atoms with E-state index in [1.807, 2.05) is 18.3 Å². The Morgan fingerprint density at radius 3 is 2.58 bits per heavy atom. The van der Waals surface area contributed by atoms with E-state index in [4.69, 9.17) is 0 Å². The Kier molecular flexibility index (Phi) is 6.26. The van der Waals surface area contributed by atoms with Gasteiger partial charge in [0, 0.05) is 26.2 Å². The average Bonchev–Trinajstić information content (AvgIpc) is 2.40. The maximum Gasteiger partial charge on any atom is 0.133 e. The smallest absolute Gasteiger partial charge is 0.133 e. The molecule has 0 fully saturated rings. The fourth-order valence-corrected chi connectivity index (χ4v) is 1.99. The lowest BCUT2D eigenvalue weighted by molar-refractivity contribution is -0.116. The van der Waals surface area contributed by atoms with Crippen LogP contribution in [0.4, 0.5) is 5.82 Å². The second-order valence-electron chi connectivity index (χ2n) is 4.82. The van der Waals surface area contributed by atoms with Crippen molar-refractivity contribution in [3.05, 3.63) is 30.0 Å². The predicted octanol–water partition coefficient (Wildman–Crippen LogP) is 3.70. The fraction of sp³-hybridized carbons (Fsp3) is 0.500. The molecule has 0 saturated carbocycles. The number of pyridine rings is 1. The molecule has 0 atom stereocenters. The predicted molar refractivity (Wildman–Crippen MR) is 81.4 cm³/mol. The van der Waals surface area contributed by atoms with Crippen molar-refractivity contribution in [2.45, 2.75) is 40.0 Å². The Bertz CT molecular complexity index is 435. The number of ketones is 1. The summed E-state index contributed by atoms with van der Waals surface area (Å²) in [5.41, 5.74) is 2.30. The third kappa shape index (κ3) is 4.86. The number of carbonyl (C=O) groups is 1. The van der Waals surface area contributed by atoms with Crippen LogP contribution in [0.5, 0.6) is 0 Å². The topological polar surface area (TPSA) is 33.2 Å². The molecule has 3 heteroatoms. The minimum Gasteiger partial charge on any atom is -0.360 e. The highest BCUT2D eigenvalue weighted by Gasteiger charge is 2.04. The quantitative estimate of drug-likeness (QED) is 0.749. The van der Waals surface area contributed by atoms with Crippen LogP contribution >= 0.6 is 0 Å². The van der Waals surface area contributed by atoms with Gasteiger partial charge in [-0.05, 0) is 43.0 Å². The number of hydrogen-bond acceptors (Lipinski definition) is 3. The van der Waals surface area contributed by atoms with E-state index in [0.717, 1.165) is 30.8 Å². The second kappa shape index (κ2) is 7.72. The molecular formula is C16H24N2O. The van der Waals surface area contributed by atoms with E-state index in [1.165, 1.54) is 5.57 Å². The Labute approximate surface area is 116 Å². The molecule has 0 amide bonds. The van der Waals surface area contributed by atoms with Gasteiger partial charge in [0.2, 0.25) is 0 Å². The van der Waals surface area contributed by atoms with Gasteiger partial charge in [0.15, 0.2) is 0 Å². The molecule has 0 spiro atoms. The zero-order chi connectivity index (χ0) is 14.3. The number of rotatable bonds is 7. The van der Waals surface area contributed by atoms with E-state index in [0.29, 0.717) is 6.42 Å². The van der Waals surface area contributed by atoms with Crippen molar-refractivity contribution in [3.8, 4) is 0 Å². The minimum absolute atomic E-state index is 0.193. The zero-order valence-corrected chi connectivity index (χ0v) is 12.4. The van der Waals surface area contributed by atoms with Gasteiger partial charge in [0.05, 0.1) is 0 Å². The number of carbonyl (C=O) groups excluding carboxylic acids is 1. The average molecular weight is 260 g/mol. The highest BCUT2D eigenvalue weighted by molar-refractivity contribution is 5.79. The van der Waals surface area contributed by atoms with E-state index in [9.17, 15) is 4.79 Å². The number of hydrogen-bond donors (Lipinski definition) is 0. The molecule has 0 N–H and O–H groups in total. The van der Waals surface area contributed by atoms with Gasteiger partial charge in [-0.1, -0.05) is 19.9 Å². The molecule has 0 unspecified atom stereocenters. The molecule has 0 bridgehead atoms. The van der Waals surface area contributed by atoms with Gasteiger partial charge in [0.1, 0.15) is 11.6 Å². The first-order valence-electron chi connectivity index (χ1n) is 6.94. The third-order valence-electron chi connectivity index (χ3n) is 3.09. The zero-order valence-electron chi connectivity index (χ0n) is 12.4. The summed E-state index contributed by atoms with van der Waals surface area (Å²) in [5, 5.41) is 0. The van der Waals surface area contributed by atoms with Crippen LogP contribution in [-0.2, 0) is 4.79 Å². The van der Waals surface area contributed by atoms with Crippen LogP contribution in [0.1, 0.15) is 45.6 Å². The lowest BCUT2D eigenvalue weighted by Gasteiger charge is -2.17. The van der Waals surface area contributed by atoms with E-state index in [-0.39, 0.29) is 5.78 Å². The fourth-order valence-electron chi connectivity index (χ4n) is 1.99. The Balaban J connectivity index is 2.84. The Hall–Kier alpha value is -1.64. The summed E-state index contributed by atoms with van der Waals surface area (Å²) in [7, 11) is 2.05. The van der Waals surface area contributed by atoms with E-state index >= 15 is 0 Å². The molecule has 3 nitrogen and oxygen atoms in total. The molecule has 1 rings (SSSR count). The molecule has 0 saturated heterocycles. The monoisotopic (exact) mass is 260 g/mol. The third-order valence-corrected chi connectivity index (χ3v) is 3.09. The standard InChI is InChI=1S/C16H24N2O/c1-5-11-18(4)16-10-9-15(12-17-16)14(6-2)8-7-13(3)19/h8-10,12H,5-7,11H2,1-4H3/b14-8+. The first-order chi connectivity index (χ1) is 9.08. The van der Waals surface area contributed by atoms with Crippen molar-refractivity contribution in [2.75, 3.05) is 18.5 Å². The summed E-state index contributed by atoms with van der Waals surface area (Å²) in [6.45, 7) is 6.88. The van der Waals surface area contributed by atoms with Gasteiger partial charge in [0.25, 0.3) is 0 Å². The summed E-state index contributed by atoms with van der Waals surface area (Å²) in [4.78, 5) is 17.7. The van der Waals surface area contributed by atoms with E-state index < -0.39 is 0 Å². The first-order valence-corrected chi connectivity index (χ1v) is 6.94. The van der Waals surface area contributed by atoms with Crippen molar-refractivity contribution >= 4 is 17.2 Å². The molecule has 0 aromatic carbocycles. The molecule has 0 aliphatic carbocycles. The van der Waals surface area contributed by atoms with Crippen LogP contribution in [0.2, 0.25) is 0 Å². The van der Waals surface area contributed by atoms with Crippen molar-refractivity contribution in [3.63, 3.8) is 0 Å². The number of aromatic nitrogens is 1. The summed E-state index contributed by atoms with van der Waals surface area (Å²) in [5.74, 6) is 1.19. The van der Waals surface area contributed by atoms with Crippen LogP contribution in [0.25, 0.3) is 5.57 Å². The maximum atomic E-state index is 11.0. The molecule has 0 radical (unpaired) electrons. The number of nitrogens with zero attached hydrogens (tertiary/aromatic N) is 2. The maximum absolute atomic E-state index is 11.0. The molecule has 19 heavy (non-hydrogen) atoms. The molecule has 1 heterocycles. The van der Waals surface area contributed by atoms with Gasteiger partial charge in [-0.2, -0.15) is 0 Å². The van der Waals surface area contributed by atoms with Gasteiger partial charge in [-0.15, -0.1) is 0 Å². The SMILES string of the molecule is CCCN(C)c1ccc(/C(=C/CC(C)=O)CC)cn1.